The quantitative estimate of drug-likeness (QED) is 0.484. The third-order valence-electron chi connectivity index (χ3n) is 6.12. The van der Waals surface area contributed by atoms with Crippen LogP contribution in [0.2, 0.25) is 0 Å². The number of nitrogens with zero attached hydrogens (tertiary/aromatic N) is 3. The van der Waals surface area contributed by atoms with E-state index in [-0.39, 0.29) is 11.6 Å². The second kappa shape index (κ2) is 9.19. The Hall–Kier alpha value is -2.72. The van der Waals surface area contributed by atoms with Gasteiger partial charge in [0.05, 0.1) is 23.7 Å². The molecular formula is C25H31N5O. The number of β-amino-alcohol motifs (C(OH)–C–C–N with tert-alkyl or cyclic N) is 1. The molecule has 0 amide bonds. The summed E-state index contributed by atoms with van der Waals surface area (Å²) >= 11 is 0. The van der Waals surface area contributed by atoms with Crippen molar-refractivity contribution in [2.24, 2.45) is 0 Å². The van der Waals surface area contributed by atoms with Gasteiger partial charge < -0.3 is 15.4 Å². The van der Waals surface area contributed by atoms with Crippen molar-refractivity contribution in [3.05, 3.63) is 71.3 Å². The van der Waals surface area contributed by atoms with E-state index in [0.29, 0.717) is 12.2 Å². The number of imidazole rings is 1. The predicted molar refractivity (Wildman–Crippen MR) is 124 cm³/mol. The lowest BCUT2D eigenvalue weighted by atomic mass is 9.99. The first kappa shape index (κ1) is 21.5. The maximum Gasteiger partial charge on any atom is 0.187 e. The Morgan fingerprint density at radius 1 is 1.29 bits per heavy atom. The van der Waals surface area contributed by atoms with Crippen molar-refractivity contribution in [2.75, 3.05) is 13.1 Å². The molecule has 2 atom stereocenters. The summed E-state index contributed by atoms with van der Waals surface area (Å²) in [5.41, 5.74) is 3.64. The van der Waals surface area contributed by atoms with Crippen LogP contribution in [0.5, 0.6) is 0 Å². The van der Waals surface area contributed by atoms with Gasteiger partial charge in [-0.15, -0.1) is 0 Å². The van der Waals surface area contributed by atoms with Crippen LogP contribution in [-0.4, -0.2) is 50.7 Å². The van der Waals surface area contributed by atoms with Crippen LogP contribution in [0.3, 0.4) is 0 Å². The van der Waals surface area contributed by atoms with Crippen LogP contribution in [0.1, 0.15) is 38.1 Å². The number of aromatic amines is 1. The van der Waals surface area contributed by atoms with Crippen LogP contribution in [0.15, 0.2) is 48.5 Å². The fourth-order valence-electron chi connectivity index (χ4n) is 4.53. The van der Waals surface area contributed by atoms with Crippen molar-refractivity contribution in [3.8, 4) is 0 Å². The molecule has 2 heterocycles. The van der Waals surface area contributed by atoms with Crippen LogP contribution in [-0.2, 0) is 13.0 Å². The normalized spacial score (nSPS) is 18.3. The highest BCUT2D eigenvalue weighted by Gasteiger charge is 2.32. The molecular weight excluding hydrogens is 386 g/mol. The summed E-state index contributed by atoms with van der Waals surface area (Å²) in [5.74, 6) is 0.954. The molecule has 162 valence electrons. The summed E-state index contributed by atoms with van der Waals surface area (Å²) in [4.78, 5) is 14.0. The van der Waals surface area contributed by atoms with Crippen molar-refractivity contribution in [1.82, 2.24) is 20.2 Å². The zero-order chi connectivity index (χ0) is 21.8. The van der Waals surface area contributed by atoms with Gasteiger partial charge in [-0.2, -0.15) is 0 Å². The highest BCUT2D eigenvalue weighted by molar-refractivity contribution is 5.74. The first-order valence-electron chi connectivity index (χ1n) is 11.0. The van der Waals surface area contributed by atoms with Gasteiger partial charge in [-0.05, 0) is 50.9 Å². The smallest absolute Gasteiger partial charge is 0.187 e. The first-order chi connectivity index (χ1) is 14.9. The Balaban J connectivity index is 1.34. The van der Waals surface area contributed by atoms with Crippen molar-refractivity contribution in [1.29, 1.82) is 0 Å². The molecule has 6 nitrogen and oxygen atoms in total. The van der Waals surface area contributed by atoms with Crippen molar-refractivity contribution in [2.45, 2.75) is 57.3 Å². The van der Waals surface area contributed by atoms with E-state index < -0.39 is 6.10 Å². The van der Waals surface area contributed by atoms with Crippen LogP contribution in [0, 0.1) is 6.57 Å². The lowest BCUT2D eigenvalue weighted by molar-refractivity contribution is 0.0632. The van der Waals surface area contributed by atoms with Crippen molar-refractivity contribution >= 4 is 16.7 Å². The van der Waals surface area contributed by atoms with Crippen LogP contribution in [0.4, 0.5) is 5.69 Å². The van der Waals surface area contributed by atoms with E-state index in [1.165, 1.54) is 0 Å². The number of H-pyrrole nitrogens is 1. The van der Waals surface area contributed by atoms with Gasteiger partial charge in [0.15, 0.2) is 5.69 Å². The minimum Gasteiger partial charge on any atom is -0.390 e. The molecule has 0 radical (unpaired) electrons. The second-order valence-corrected chi connectivity index (χ2v) is 9.17. The molecule has 3 aromatic rings. The number of para-hydroxylation sites is 2. The number of hydrogen-bond donors (Lipinski definition) is 3. The van der Waals surface area contributed by atoms with E-state index in [2.05, 4.69) is 44.9 Å². The van der Waals surface area contributed by atoms with Gasteiger partial charge in [-0.3, -0.25) is 4.90 Å². The number of aliphatic hydroxyl groups is 1. The molecule has 0 unspecified atom stereocenters. The van der Waals surface area contributed by atoms with E-state index in [9.17, 15) is 5.11 Å². The summed E-state index contributed by atoms with van der Waals surface area (Å²) in [6, 6.07) is 16.0. The Labute approximate surface area is 184 Å². The number of nitrogens with one attached hydrogen (secondary N) is 2. The largest absolute Gasteiger partial charge is 0.390 e. The van der Waals surface area contributed by atoms with Crippen molar-refractivity contribution in [3.63, 3.8) is 0 Å². The molecule has 1 saturated heterocycles. The maximum absolute atomic E-state index is 11.0. The molecule has 6 heteroatoms. The average Bonchev–Trinajstić information content (AvgIpc) is 3.38. The molecule has 1 aliphatic rings. The monoisotopic (exact) mass is 417 g/mol. The van der Waals surface area contributed by atoms with Crippen molar-refractivity contribution < 1.29 is 5.11 Å². The second-order valence-electron chi connectivity index (χ2n) is 9.17. The van der Waals surface area contributed by atoms with Gasteiger partial charge in [-0.25, -0.2) is 9.83 Å². The molecule has 3 N–H and O–H groups in total. The summed E-state index contributed by atoms with van der Waals surface area (Å²) < 4.78 is 0. The predicted octanol–water partition coefficient (Wildman–Crippen LogP) is 4.05. The molecule has 1 aromatic heterocycles. The minimum atomic E-state index is -0.443. The molecule has 1 aliphatic heterocycles. The molecule has 0 saturated carbocycles. The molecule has 4 rings (SSSR count). The van der Waals surface area contributed by atoms with Gasteiger partial charge in [0.2, 0.25) is 0 Å². The number of aromatic nitrogens is 2. The van der Waals surface area contributed by atoms with Crippen LogP contribution >= 0.6 is 0 Å². The molecule has 1 fully saturated rings. The van der Waals surface area contributed by atoms with Gasteiger partial charge in [0.1, 0.15) is 5.82 Å². The fraction of sp³-hybridized carbons (Fsp3) is 0.440. The summed E-state index contributed by atoms with van der Waals surface area (Å²) in [6.45, 7) is 13.8. The van der Waals surface area contributed by atoms with Gasteiger partial charge in [0, 0.05) is 31.1 Å². The SMILES string of the molecule is [C-]#[N+]c1cccc(CN2CCC[C@@H]2[C@H](O)CNC(C)(C)Cc2nc3ccccc3[nH]2)c1. The summed E-state index contributed by atoms with van der Waals surface area (Å²) in [5, 5.41) is 14.5. The number of hydrogen-bond acceptors (Lipinski definition) is 4. The maximum atomic E-state index is 11.0. The van der Waals surface area contributed by atoms with E-state index in [1.54, 1.807) is 0 Å². The zero-order valence-electron chi connectivity index (χ0n) is 18.3. The Bertz CT molecular complexity index is 1030. The Morgan fingerprint density at radius 3 is 2.94 bits per heavy atom. The number of benzene rings is 2. The van der Waals surface area contributed by atoms with Gasteiger partial charge >= 0.3 is 0 Å². The van der Waals surface area contributed by atoms with E-state index in [0.717, 1.165) is 54.8 Å². The topological polar surface area (TPSA) is 68.5 Å². The summed E-state index contributed by atoms with van der Waals surface area (Å²) in [7, 11) is 0. The fourth-order valence-corrected chi connectivity index (χ4v) is 4.53. The Morgan fingerprint density at radius 2 is 2.13 bits per heavy atom. The highest BCUT2D eigenvalue weighted by atomic mass is 16.3. The zero-order valence-corrected chi connectivity index (χ0v) is 18.3. The molecule has 0 aliphatic carbocycles. The van der Waals surface area contributed by atoms with Gasteiger partial charge in [0.25, 0.3) is 0 Å². The standard InChI is InChI=1S/C25H31N5O/c1-25(2,15-24-28-20-10-4-5-11-21(20)29-24)27-16-23(31)22-12-7-13-30(22)17-18-8-6-9-19(14-18)26-3/h4-6,8-11,14,22-23,27,31H,7,12-13,15-17H2,1-2H3,(H,28,29)/t22-,23-/m1/s1. The Kier molecular flexibility index (Phi) is 6.38. The van der Waals surface area contributed by atoms with E-state index >= 15 is 0 Å². The number of aliphatic hydroxyl groups excluding tert-OH is 1. The van der Waals surface area contributed by atoms with Gasteiger partial charge in [-0.1, -0.05) is 36.4 Å². The highest BCUT2D eigenvalue weighted by Crippen LogP contribution is 2.25. The first-order valence-corrected chi connectivity index (χ1v) is 11.0. The lowest BCUT2D eigenvalue weighted by Crippen LogP contribution is -2.50. The lowest BCUT2D eigenvalue weighted by Gasteiger charge is -2.32. The third kappa shape index (κ3) is 5.31. The summed E-state index contributed by atoms with van der Waals surface area (Å²) in [6.07, 6.45) is 2.40. The number of fused-ring (bicyclic) bond motifs is 1. The third-order valence-corrected chi connectivity index (χ3v) is 6.12. The number of likely N-dealkylation sites (tertiary alicyclic amines) is 1. The molecule has 0 bridgehead atoms. The average molecular weight is 418 g/mol. The molecule has 31 heavy (non-hydrogen) atoms. The van der Waals surface area contributed by atoms with E-state index in [1.807, 2.05) is 42.5 Å². The van der Waals surface area contributed by atoms with Crippen LogP contribution < -0.4 is 5.32 Å². The number of rotatable bonds is 8. The molecule has 0 spiro atoms. The van der Waals surface area contributed by atoms with Crippen LogP contribution in [0.25, 0.3) is 15.9 Å². The molecule has 2 aromatic carbocycles. The minimum absolute atomic E-state index is 0.131. The van der Waals surface area contributed by atoms with E-state index in [4.69, 9.17) is 6.57 Å².